The second-order valence-corrected chi connectivity index (χ2v) is 10.1. The molecule has 0 aromatic heterocycles. The minimum Gasteiger partial charge on any atom is -0.484 e. The van der Waals surface area contributed by atoms with E-state index in [-0.39, 0.29) is 24.3 Å². The van der Waals surface area contributed by atoms with Gasteiger partial charge in [-0.3, -0.25) is 9.59 Å². The average molecular weight is 474 g/mol. The zero-order valence-corrected chi connectivity index (χ0v) is 20.1. The van der Waals surface area contributed by atoms with Crippen molar-refractivity contribution in [2.45, 2.75) is 38.5 Å². The Kier molecular flexibility index (Phi) is 8.10. The summed E-state index contributed by atoms with van der Waals surface area (Å²) in [6.45, 7) is 6.66. The average Bonchev–Trinajstić information content (AvgIpc) is 2.78. The third kappa shape index (κ3) is 6.33. The van der Waals surface area contributed by atoms with E-state index in [1.807, 2.05) is 19.9 Å². The lowest BCUT2D eigenvalue weighted by molar-refractivity contribution is -0.123. The van der Waals surface area contributed by atoms with Gasteiger partial charge in [0.05, 0.1) is 4.90 Å². The molecule has 33 heavy (non-hydrogen) atoms. The van der Waals surface area contributed by atoms with Crippen molar-refractivity contribution < 1.29 is 22.7 Å². The standard InChI is InChI=1S/C24H31N3O5S/c1-4-25-23(28)16-32-21-8-6-20(7-9-21)26-24(29)19-11-13-27(14-12-19)33(30,31)22-10-5-17(2)15-18(22)3/h5-10,15,19H,4,11-14,16H2,1-3H3,(H,25,28)(H,26,29). The molecule has 0 bridgehead atoms. The number of benzene rings is 2. The first-order valence-corrected chi connectivity index (χ1v) is 12.5. The van der Waals surface area contributed by atoms with Crippen molar-refractivity contribution in [2.24, 2.45) is 5.92 Å². The van der Waals surface area contributed by atoms with Crippen LogP contribution in [0, 0.1) is 19.8 Å². The van der Waals surface area contributed by atoms with Crippen LogP contribution in [0.5, 0.6) is 5.75 Å². The fourth-order valence-corrected chi connectivity index (χ4v) is 5.54. The Morgan fingerprint density at radius 3 is 2.33 bits per heavy atom. The third-order valence-electron chi connectivity index (χ3n) is 5.64. The Balaban J connectivity index is 1.52. The maximum atomic E-state index is 13.0. The van der Waals surface area contributed by atoms with Gasteiger partial charge in [0.2, 0.25) is 15.9 Å². The van der Waals surface area contributed by atoms with Crippen molar-refractivity contribution in [2.75, 3.05) is 31.6 Å². The van der Waals surface area contributed by atoms with Crippen LogP contribution in [0.15, 0.2) is 47.4 Å². The number of anilines is 1. The Hall–Kier alpha value is -2.91. The number of nitrogens with zero attached hydrogens (tertiary/aromatic N) is 1. The molecule has 0 saturated carbocycles. The normalized spacial score (nSPS) is 15.1. The highest BCUT2D eigenvalue weighted by atomic mass is 32.2. The second-order valence-electron chi connectivity index (χ2n) is 8.20. The van der Waals surface area contributed by atoms with Gasteiger partial charge in [-0.05, 0) is 69.5 Å². The van der Waals surface area contributed by atoms with Crippen LogP contribution in [-0.4, -0.2) is 50.8 Å². The lowest BCUT2D eigenvalue weighted by Gasteiger charge is -2.31. The van der Waals surface area contributed by atoms with Gasteiger partial charge in [0, 0.05) is 31.2 Å². The maximum Gasteiger partial charge on any atom is 0.257 e. The first-order valence-electron chi connectivity index (χ1n) is 11.1. The van der Waals surface area contributed by atoms with Crippen molar-refractivity contribution in [3.8, 4) is 5.75 Å². The molecule has 2 N–H and O–H groups in total. The van der Waals surface area contributed by atoms with Gasteiger partial charge in [-0.15, -0.1) is 0 Å². The zero-order chi connectivity index (χ0) is 24.0. The molecular weight excluding hydrogens is 442 g/mol. The van der Waals surface area contributed by atoms with Gasteiger partial charge >= 0.3 is 0 Å². The SMILES string of the molecule is CCNC(=O)COc1ccc(NC(=O)C2CCN(S(=O)(=O)c3ccc(C)cc3C)CC2)cc1. The van der Waals surface area contributed by atoms with Gasteiger partial charge < -0.3 is 15.4 Å². The Labute approximate surface area is 195 Å². The topological polar surface area (TPSA) is 105 Å². The van der Waals surface area contributed by atoms with E-state index < -0.39 is 10.0 Å². The number of piperidine rings is 1. The van der Waals surface area contributed by atoms with Crippen LogP contribution >= 0.6 is 0 Å². The van der Waals surface area contributed by atoms with Gasteiger partial charge in [-0.25, -0.2) is 8.42 Å². The number of carbonyl (C=O) groups is 2. The molecule has 1 aliphatic rings. The van der Waals surface area contributed by atoms with Gasteiger partial charge in [0.25, 0.3) is 5.91 Å². The van der Waals surface area contributed by atoms with E-state index in [1.54, 1.807) is 43.3 Å². The van der Waals surface area contributed by atoms with Gasteiger partial charge in [0.1, 0.15) is 5.75 Å². The molecule has 1 aliphatic heterocycles. The number of amides is 2. The highest BCUT2D eigenvalue weighted by Gasteiger charge is 2.32. The van der Waals surface area contributed by atoms with E-state index in [0.29, 0.717) is 48.8 Å². The van der Waals surface area contributed by atoms with Gasteiger partial charge in [0.15, 0.2) is 6.61 Å². The number of rotatable bonds is 8. The molecule has 0 radical (unpaired) electrons. The van der Waals surface area contributed by atoms with Crippen LogP contribution < -0.4 is 15.4 Å². The minimum atomic E-state index is -3.58. The van der Waals surface area contributed by atoms with Crippen molar-refractivity contribution in [3.63, 3.8) is 0 Å². The molecule has 9 heteroatoms. The molecule has 0 spiro atoms. The van der Waals surface area contributed by atoms with Gasteiger partial charge in [-0.1, -0.05) is 17.7 Å². The fourth-order valence-electron chi connectivity index (χ4n) is 3.86. The molecule has 8 nitrogen and oxygen atoms in total. The first kappa shape index (κ1) is 24.7. The van der Waals surface area contributed by atoms with Crippen LogP contribution in [0.4, 0.5) is 5.69 Å². The van der Waals surface area contributed by atoms with Crippen molar-refractivity contribution >= 4 is 27.5 Å². The number of sulfonamides is 1. The molecular formula is C24H31N3O5S. The monoisotopic (exact) mass is 473 g/mol. The summed E-state index contributed by atoms with van der Waals surface area (Å²) in [5.74, 6) is -0.0521. The summed E-state index contributed by atoms with van der Waals surface area (Å²) in [4.78, 5) is 24.5. The highest BCUT2D eigenvalue weighted by Crippen LogP contribution is 2.27. The van der Waals surface area contributed by atoms with Crippen LogP contribution in [0.25, 0.3) is 0 Å². The highest BCUT2D eigenvalue weighted by molar-refractivity contribution is 7.89. The van der Waals surface area contributed by atoms with Crippen LogP contribution in [0.1, 0.15) is 30.9 Å². The Bertz CT molecular complexity index is 1090. The lowest BCUT2D eigenvalue weighted by atomic mass is 9.97. The number of ether oxygens (including phenoxy) is 1. The molecule has 2 aromatic carbocycles. The maximum absolute atomic E-state index is 13.0. The predicted molar refractivity (Wildman–Crippen MR) is 127 cm³/mol. The van der Waals surface area contributed by atoms with E-state index in [9.17, 15) is 18.0 Å². The number of hydrogen-bond acceptors (Lipinski definition) is 5. The summed E-state index contributed by atoms with van der Waals surface area (Å²) in [5.41, 5.74) is 2.37. The largest absolute Gasteiger partial charge is 0.484 e. The molecule has 0 aliphatic carbocycles. The number of carbonyl (C=O) groups excluding carboxylic acids is 2. The molecule has 2 aromatic rings. The quantitative estimate of drug-likeness (QED) is 0.613. The molecule has 1 heterocycles. The minimum absolute atomic E-state index is 0.0663. The van der Waals surface area contributed by atoms with Crippen molar-refractivity contribution in [3.05, 3.63) is 53.6 Å². The smallest absolute Gasteiger partial charge is 0.257 e. The number of nitrogens with one attached hydrogen (secondary N) is 2. The summed E-state index contributed by atoms with van der Waals surface area (Å²) in [6.07, 6.45) is 0.924. The summed E-state index contributed by atoms with van der Waals surface area (Å²) < 4.78 is 33.0. The zero-order valence-electron chi connectivity index (χ0n) is 19.3. The van der Waals surface area contributed by atoms with Crippen molar-refractivity contribution in [1.29, 1.82) is 0 Å². The van der Waals surface area contributed by atoms with Crippen LogP contribution in [0.3, 0.4) is 0 Å². The first-order chi connectivity index (χ1) is 15.7. The number of aryl methyl sites for hydroxylation is 2. The van der Waals surface area contributed by atoms with E-state index in [1.165, 1.54) is 4.31 Å². The lowest BCUT2D eigenvalue weighted by Crippen LogP contribution is -2.41. The molecule has 0 unspecified atom stereocenters. The molecule has 2 amide bonds. The summed E-state index contributed by atoms with van der Waals surface area (Å²) in [6, 6.07) is 12.1. The van der Waals surface area contributed by atoms with Crippen LogP contribution in [0.2, 0.25) is 0 Å². The molecule has 178 valence electrons. The summed E-state index contributed by atoms with van der Waals surface area (Å²) in [7, 11) is -3.58. The Morgan fingerprint density at radius 2 is 1.73 bits per heavy atom. The predicted octanol–water partition coefficient (Wildman–Crippen LogP) is 2.86. The molecule has 0 atom stereocenters. The Morgan fingerprint density at radius 1 is 1.06 bits per heavy atom. The second kappa shape index (κ2) is 10.8. The van der Waals surface area contributed by atoms with Crippen molar-refractivity contribution in [1.82, 2.24) is 9.62 Å². The van der Waals surface area contributed by atoms with E-state index in [4.69, 9.17) is 4.74 Å². The summed E-state index contributed by atoms with van der Waals surface area (Å²) >= 11 is 0. The number of hydrogen-bond donors (Lipinski definition) is 2. The van der Waals surface area contributed by atoms with E-state index in [0.717, 1.165) is 11.1 Å². The van der Waals surface area contributed by atoms with E-state index >= 15 is 0 Å². The summed E-state index contributed by atoms with van der Waals surface area (Å²) in [5, 5.41) is 5.54. The molecule has 1 saturated heterocycles. The third-order valence-corrected chi connectivity index (χ3v) is 7.70. The molecule has 3 rings (SSSR count). The van der Waals surface area contributed by atoms with Crippen LogP contribution in [-0.2, 0) is 19.6 Å². The number of likely N-dealkylation sites (N-methyl/N-ethyl adjacent to an activating group) is 1. The van der Waals surface area contributed by atoms with Gasteiger partial charge in [-0.2, -0.15) is 4.31 Å². The molecule has 1 fully saturated rings. The van der Waals surface area contributed by atoms with E-state index in [2.05, 4.69) is 10.6 Å². The fraction of sp³-hybridized carbons (Fsp3) is 0.417.